The molecule has 1 saturated heterocycles. The van der Waals surface area contributed by atoms with Crippen molar-refractivity contribution in [1.82, 2.24) is 0 Å². The smallest absolute Gasteiger partial charge is 0.192 e. The van der Waals surface area contributed by atoms with Crippen LogP contribution in [0.2, 0.25) is 18.1 Å². The zero-order valence-electron chi connectivity index (χ0n) is 12.3. The lowest BCUT2D eigenvalue weighted by Gasteiger charge is -2.40. The monoisotopic (exact) mass is 272 g/mol. The van der Waals surface area contributed by atoms with Crippen LogP contribution in [0.1, 0.15) is 20.8 Å². The third-order valence-electron chi connectivity index (χ3n) is 4.03. The van der Waals surface area contributed by atoms with Gasteiger partial charge in [-0.2, -0.15) is 0 Å². The van der Waals surface area contributed by atoms with Crippen LogP contribution < -0.4 is 0 Å². The number of aliphatic hydroxyl groups excluding tert-OH is 1. The minimum absolute atomic E-state index is 0.0952. The van der Waals surface area contributed by atoms with Crippen molar-refractivity contribution in [3.63, 3.8) is 0 Å². The zero-order valence-corrected chi connectivity index (χ0v) is 13.3. The van der Waals surface area contributed by atoms with Crippen LogP contribution in [0.4, 0.5) is 0 Å². The molecule has 104 valence electrons. The molecule has 1 aliphatic rings. The van der Waals surface area contributed by atoms with Gasteiger partial charge in [-0.1, -0.05) is 20.8 Å². The molecule has 4 nitrogen and oxygen atoms in total. The Labute approximate surface area is 113 Å². The van der Waals surface area contributed by atoms with E-state index in [9.17, 15) is 5.11 Å². The molecule has 1 N–H and O–H groups in total. The fourth-order valence-corrected chi connectivity index (χ4v) is 3.15. The highest BCUT2D eigenvalue weighted by atomic mass is 28.4. The largest absolute Gasteiger partial charge is 0.408 e. The van der Waals surface area contributed by atoms with Crippen LogP contribution in [-0.4, -0.2) is 59.3 Å². The fraction of sp³-hybridized carbons (Fsp3) is 1.00. The molecule has 0 aliphatic carbocycles. The normalized spacial score (nSPS) is 33.9. The molecular weight excluding hydrogens is 247 g/mol. The Morgan fingerprint density at radius 3 is 2.22 bits per heavy atom. The van der Waals surface area contributed by atoms with Crippen molar-refractivity contribution in [3.05, 3.63) is 0 Å². The Hall–Kier alpha value is 0.122. The summed E-state index contributed by atoms with van der Waals surface area (Å²) in [7, 11) is 5.50. The van der Waals surface area contributed by atoms with Crippen molar-refractivity contribution in [3.8, 4) is 0 Å². The van der Waals surface area contributed by atoms with Gasteiger partial charge >= 0.3 is 0 Å². The first-order valence-electron chi connectivity index (χ1n) is 6.36. The number of hydrogen-bond acceptors (Lipinski definition) is 4. The van der Waals surface area contributed by atoms with Gasteiger partial charge in [0.25, 0.3) is 0 Å². The fourth-order valence-electron chi connectivity index (χ4n) is 1.83. The van der Waals surface area contributed by atoms with E-state index in [2.05, 4.69) is 33.9 Å². The van der Waals surface area contributed by atoms with Crippen LogP contribution in [-0.2, 0) is 13.9 Å². The summed E-state index contributed by atoms with van der Waals surface area (Å²) in [4.78, 5) is 0. The van der Waals surface area contributed by atoms with E-state index < -0.39 is 20.4 Å². The Balaban J connectivity index is 2.85. The van der Waals surface area contributed by atoms with Crippen LogP contribution in [0.15, 0.2) is 0 Å². The van der Waals surface area contributed by atoms with Crippen molar-refractivity contribution in [2.45, 2.75) is 63.2 Å². The summed E-state index contributed by atoms with van der Waals surface area (Å²) >= 11 is 0. The molecule has 0 aromatic carbocycles. The quantitative estimate of drug-likeness (QED) is 0.783. The first-order chi connectivity index (χ1) is 8.14. The van der Waals surface area contributed by atoms with Crippen molar-refractivity contribution in [2.24, 2.45) is 0 Å². The van der Waals surface area contributed by atoms with E-state index in [0.29, 0.717) is 0 Å². The van der Waals surface area contributed by atoms with Gasteiger partial charge in [-0.05, 0) is 18.1 Å². The topological polar surface area (TPSA) is 47.9 Å². The first-order valence-corrected chi connectivity index (χ1v) is 9.27. The summed E-state index contributed by atoms with van der Waals surface area (Å²) < 4.78 is 17.1. The van der Waals surface area contributed by atoms with Crippen molar-refractivity contribution >= 4 is 16.2 Å². The second-order valence-electron chi connectivity index (χ2n) is 6.36. The predicted octanol–water partition coefficient (Wildman–Crippen LogP) is 1.28. The molecule has 0 bridgehead atoms. The number of ether oxygens (including phenoxy) is 2. The molecule has 4 atom stereocenters. The van der Waals surface area contributed by atoms with Gasteiger partial charge in [0.15, 0.2) is 8.32 Å². The number of rotatable bonds is 4. The molecule has 2 radical (unpaired) electrons. The average molecular weight is 272 g/mol. The maximum Gasteiger partial charge on any atom is 0.192 e. The highest BCUT2D eigenvalue weighted by molar-refractivity contribution is 6.74. The van der Waals surface area contributed by atoms with E-state index in [1.807, 2.05) is 0 Å². The van der Waals surface area contributed by atoms with Gasteiger partial charge in [0.2, 0.25) is 0 Å². The molecule has 0 aromatic rings. The summed E-state index contributed by atoms with van der Waals surface area (Å²) in [6.45, 7) is 10.7. The highest BCUT2D eigenvalue weighted by Crippen LogP contribution is 2.39. The summed E-state index contributed by atoms with van der Waals surface area (Å²) in [5.74, 6) is 0. The van der Waals surface area contributed by atoms with Crippen LogP contribution in [0.25, 0.3) is 0 Å². The Bertz CT molecular complexity index is 280. The van der Waals surface area contributed by atoms with Crippen LogP contribution in [0.5, 0.6) is 0 Å². The minimum atomic E-state index is -1.94. The third kappa shape index (κ3) is 3.17. The van der Waals surface area contributed by atoms with Crippen molar-refractivity contribution in [2.75, 3.05) is 13.7 Å². The molecule has 1 heterocycles. The number of hydrogen-bond donors (Lipinski definition) is 1. The Morgan fingerprint density at radius 2 is 1.83 bits per heavy atom. The van der Waals surface area contributed by atoms with Gasteiger partial charge in [-0.3, -0.25) is 0 Å². The molecule has 0 aromatic heterocycles. The second kappa shape index (κ2) is 5.63. The maximum atomic E-state index is 9.37. The van der Waals surface area contributed by atoms with E-state index in [1.54, 1.807) is 7.11 Å². The molecule has 0 amide bonds. The van der Waals surface area contributed by atoms with Gasteiger partial charge in [-0.25, -0.2) is 0 Å². The maximum absolute atomic E-state index is 9.37. The zero-order chi connectivity index (χ0) is 14.1. The molecule has 1 unspecified atom stereocenters. The highest BCUT2D eigenvalue weighted by Gasteiger charge is 2.48. The first kappa shape index (κ1) is 16.2. The van der Waals surface area contributed by atoms with Gasteiger partial charge in [0.05, 0.1) is 6.61 Å². The summed E-state index contributed by atoms with van der Waals surface area (Å²) in [6.07, 6.45) is -1.02. The standard InChI is InChI=1S/C12H25BO4Si/c1-12(2,3)18(5,6)17-9-8(7-14)16-11(13)10(9)15-4/h8-11,14H,7H2,1-6H3/t8-,9?,10+,11-/m1/s1. The van der Waals surface area contributed by atoms with Crippen LogP contribution >= 0.6 is 0 Å². The molecule has 18 heavy (non-hydrogen) atoms. The lowest BCUT2D eigenvalue weighted by molar-refractivity contribution is -0.00765. The predicted molar refractivity (Wildman–Crippen MR) is 74.4 cm³/mol. The lowest BCUT2D eigenvalue weighted by atomic mass is 9.93. The molecule has 0 spiro atoms. The van der Waals surface area contributed by atoms with Gasteiger partial charge in [-0.15, -0.1) is 0 Å². The van der Waals surface area contributed by atoms with Crippen LogP contribution in [0.3, 0.4) is 0 Å². The number of methoxy groups -OCH3 is 1. The minimum Gasteiger partial charge on any atom is -0.408 e. The molecule has 1 rings (SSSR count). The summed E-state index contributed by atoms with van der Waals surface area (Å²) in [6, 6.07) is -0.540. The Morgan fingerprint density at radius 1 is 1.28 bits per heavy atom. The van der Waals surface area contributed by atoms with E-state index in [-0.39, 0.29) is 23.9 Å². The van der Waals surface area contributed by atoms with E-state index in [0.717, 1.165) is 0 Å². The summed E-state index contributed by atoms with van der Waals surface area (Å²) in [5.41, 5.74) is 0. The van der Waals surface area contributed by atoms with Gasteiger partial charge in [0.1, 0.15) is 26.2 Å². The number of aliphatic hydroxyl groups is 1. The molecule has 1 aliphatic heterocycles. The van der Waals surface area contributed by atoms with Crippen LogP contribution in [0, 0.1) is 0 Å². The second-order valence-corrected chi connectivity index (χ2v) is 11.1. The van der Waals surface area contributed by atoms with Gasteiger partial charge < -0.3 is 19.0 Å². The van der Waals surface area contributed by atoms with E-state index in [4.69, 9.17) is 21.7 Å². The molecule has 6 heteroatoms. The average Bonchev–Trinajstić information content (AvgIpc) is 2.52. The van der Waals surface area contributed by atoms with E-state index in [1.165, 1.54) is 0 Å². The third-order valence-corrected chi connectivity index (χ3v) is 8.51. The van der Waals surface area contributed by atoms with Gasteiger partial charge in [0, 0.05) is 13.1 Å². The van der Waals surface area contributed by atoms with Crippen molar-refractivity contribution < 1.29 is 19.0 Å². The molecule has 0 saturated carbocycles. The van der Waals surface area contributed by atoms with E-state index >= 15 is 0 Å². The SMILES string of the molecule is [B][C@@H]1O[C@H](CO)C(O[Si](C)(C)C(C)(C)C)[C@@H]1OC. The lowest BCUT2D eigenvalue weighted by Crippen LogP contribution is -2.50. The molecular formula is C12H25BO4Si. The summed E-state index contributed by atoms with van der Waals surface area (Å²) in [5, 5.41) is 9.46. The van der Waals surface area contributed by atoms with Crippen molar-refractivity contribution in [1.29, 1.82) is 0 Å². The Kier molecular flexibility index (Phi) is 5.06. The molecule has 1 fully saturated rings.